The van der Waals surface area contributed by atoms with Crippen LogP contribution in [0.1, 0.15) is 25.7 Å². The molecule has 5 rings (SSSR count). The van der Waals surface area contributed by atoms with Gasteiger partial charge in [0.05, 0.1) is 11.6 Å². The Morgan fingerprint density at radius 1 is 1.17 bits per heavy atom. The summed E-state index contributed by atoms with van der Waals surface area (Å²) >= 11 is 1.48. The Bertz CT molecular complexity index is 940. The highest BCUT2D eigenvalue weighted by molar-refractivity contribution is 7.17. The van der Waals surface area contributed by atoms with Crippen LogP contribution in [0.2, 0.25) is 0 Å². The third-order valence-corrected chi connectivity index (χ3v) is 7.74. The Kier molecular flexibility index (Phi) is 5.43. The Morgan fingerprint density at radius 3 is 2.80 bits per heavy atom. The standard InChI is InChI=1S/C21H28N6O2S/c1-25-8-10-26(11-9-25)7-4-18(28)27-14-2-3-17(27)15(12-14)20(29)24-16-13-30-21-19(16)22-5-6-23-21/h5-6,13-15,17H,2-4,7-12H2,1H3,(H,24,29)/t14-,15-,17+/m0/s1. The number of carbonyl (C=O) groups excluding carboxylic acids is 2. The fourth-order valence-corrected chi connectivity index (χ4v) is 5.99. The van der Waals surface area contributed by atoms with Gasteiger partial charge in [0, 0.05) is 69.0 Å². The van der Waals surface area contributed by atoms with Gasteiger partial charge in [-0.2, -0.15) is 0 Å². The van der Waals surface area contributed by atoms with Gasteiger partial charge >= 0.3 is 0 Å². The molecule has 0 radical (unpaired) electrons. The molecular formula is C21H28N6O2S. The van der Waals surface area contributed by atoms with Crippen molar-refractivity contribution < 1.29 is 9.59 Å². The van der Waals surface area contributed by atoms with Crippen LogP contribution in [0, 0.1) is 5.92 Å². The molecule has 3 atom stereocenters. The molecule has 0 saturated carbocycles. The summed E-state index contributed by atoms with van der Waals surface area (Å²) in [5.74, 6) is 0.0796. The number of rotatable bonds is 5. The third kappa shape index (κ3) is 3.70. The number of hydrogen-bond acceptors (Lipinski definition) is 7. The summed E-state index contributed by atoms with van der Waals surface area (Å²) in [7, 11) is 2.14. The fraction of sp³-hybridized carbons (Fsp3) is 0.619. The molecule has 3 saturated heterocycles. The summed E-state index contributed by atoms with van der Waals surface area (Å²) in [6.45, 7) is 5.00. The van der Waals surface area contributed by atoms with Gasteiger partial charge in [-0.15, -0.1) is 11.3 Å². The second-order valence-corrected chi connectivity index (χ2v) is 9.54. The molecule has 0 aliphatic carbocycles. The van der Waals surface area contributed by atoms with Crippen LogP contribution in [0.15, 0.2) is 17.8 Å². The van der Waals surface area contributed by atoms with E-state index < -0.39 is 0 Å². The lowest BCUT2D eigenvalue weighted by Crippen LogP contribution is -2.46. The fourth-order valence-electron chi connectivity index (χ4n) is 5.19. The molecule has 5 heterocycles. The molecule has 3 fully saturated rings. The number of fused-ring (bicyclic) bond motifs is 3. The van der Waals surface area contributed by atoms with Crippen LogP contribution in [0.25, 0.3) is 10.3 Å². The number of aromatic nitrogens is 2. The minimum atomic E-state index is -0.136. The zero-order valence-electron chi connectivity index (χ0n) is 17.3. The Balaban J connectivity index is 1.20. The number of thiophene rings is 1. The van der Waals surface area contributed by atoms with Crippen molar-refractivity contribution in [1.82, 2.24) is 24.7 Å². The quantitative estimate of drug-likeness (QED) is 0.780. The molecule has 3 aliphatic heterocycles. The summed E-state index contributed by atoms with van der Waals surface area (Å²) in [4.78, 5) is 42.2. The number of hydrogen-bond donors (Lipinski definition) is 1. The van der Waals surface area contributed by atoms with Crippen molar-refractivity contribution in [1.29, 1.82) is 0 Å². The van der Waals surface area contributed by atoms with Crippen LogP contribution in [0.4, 0.5) is 5.69 Å². The molecule has 2 amide bonds. The topological polar surface area (TPSA) is 81.7 Å². The highest BCUT2D eigenvalue weighted by Gasteiger charge is 2.50. The molecule has 9 heteroatoms. The predicted molar refractivity (Wildman–Crippen MR) is 116 cm³/mol. The SMILES string of the molecule is CN1CCN(CCC(=O)N2[C@H]3CC[C@@H]2[C@@H](C(=O)Nc2csc4nccnc24)C3)CC1. The van der Waals surface area contributed by atoms with E-state index in [2.05, 4.69) is 32.1 Å². The van der Waals surface area contributed by atoms with Crippen LogP contribution in [0.3, 0.4) is 0 Å². The number of piperazine rings is 1. The summed E-state index contributed by atoms with van der Waals surface area (Å²) in [6, 6.07) is 0.246. The van der Waals surface area contributed by atoms with Gasteiger partial charge in [-0.25, -0.2) is 9.97 Å². The molecule has 1 N–H and O–H groups in total. The first kappa shape index (κ1) is 19.8. The van der Waals surface area contributed by atoms with Crippen LogP contribution in [-0.2, 0) is 9.59 Å². The number of nitrogens with zero attached hydrogens (tertiary/aromatic N) is 5. The van der Waals surface area contributed by atoms with E-state index in [-0.39, 0.29) is 29.8 Å². The number of carbonyl (C=O) groups is 2. The van der Waals surface area contributed by atoms with Crippen molar-refractivity contribution in [3.63, 3.8) is 0 Å². The van der Waals surface area contributed by atoms with Gasteiger partial charge in [-0.3, -0.25) is 9.59 Å². The summed E-state index contributed by atoms with van der Waals surface area (Å²) < 4.78 is 0. The summed E-state index contributed by atoms with van der Waals surface area (Å²) in [5.41, 5.74) is 1.46. The zero-order chi connectivity index (χ0) is 20.7. The van der Waals surface area contributed by atoms with Crippen LogP contribution in [0.5, 0.6) is 0 Å². The van der Waals surface area contributed by atoms with Gasteiger partial charge in [0.2, 0.25) is 11.8 Å². The van der Waals surface area contributed by atoms with E-state index in [0.717, 1.165) is 68.0 Å². The Hall–Kier alpha value is -2.10. The predicted octanol–water partition coefficient (Wildman–Crippen LogP) is 1.65. The molecule has 8 nitrogen and oxygen atoms in total. The normalized spacial score (nSPS) is 27.1. The van der Waals surface area contributed by atoms with E-state index in [4.69, 9.17) is 0 Å². The minimum absolute atomic E-state index is 0.00409. The maximum atomic E-state index is 13.0. The lowest BCUT2D eigenvalue weighted by molar-refractivity contribution is -0.133. The number of likely N-dealkylation sites (N-methyl/N-ethyl adjacent to an activating group) is 1. The molecule has 30 heavy (non-hydrogen) atoms. The Labute approximate surface area is 180 Å². The second kappa shape index (κ2) is 8.20. The minimum Gasteiger partial charge on any atom is -0.336 e. The molecule has 0 spiro atoms. The van der Waals surface area contributed by atoms with Gasteiger partial charge in [0.15, 0.2) is 0 Å². The van der Waals surface area contributed by atoms with E-state index in [1.54, 1.807) is 12.4 Å². The first-order valence-electron chi connectivity index (χ1n) is 10.8. The molecule has 2 aromatic rings. The summed E-state index contributed by atoms with van der Waals surface area (Å²) in [5, 5.41) is 4.95. The average Bonchev–Trinajstić information content (AvgIpc) is 3.46. The maximum Gasteiger partial charge on any atom is 0.229 e. The molecule has 0 aromatic carbocycles. The van der Waals surface area contributed by atoms with E-state index in [1.165, 1.54) is 11.3 Å². The summed E-state index contributed by atoms with van der Waals surface area (Å²) in [6.07, 6.45) is 6.56. The average molecular weight is 429 g/mol. The van der Waals surface area contributed by atoms with Crippen molar-refractivity contribution in [3.8, 4) is 0 Å². The molecule has 0 unspecified atom stereocenters. The Morgan fingerprint density at radius 2 is 1.97 bits per heavy atom. The van der Waals surface area contributed by atoms with Gasteiger partial charge < -0.3 is 20.0 Å². The first-order chi connectivity index (χ1) is 14.6. The molecule has 2 bridgehead atoms. The number of anilines is 1. The smallest absolute Gasteiger partial charge is 0.229 e. The molecule has 160 valence electrons. The highest BCUT2D eigenvalue weighted by atomic mass is 32.1. The monoisotopic (exact) mass is 428 g/mol. The van der Waals surface area contributed by atoms with Crippen molar-refractivity contribution in [3.05, 3.63) is 17.8 Å². The molecular weight excluding hydrogens is 400 g/mol. The van der Waals surface area contributed by atoms with Crippen molar-refractivity contribution in [2.45, 2.75) is 37.8 Å². The van der Waals surface area contributed by atoms with Crippen LogP contribution >= 0.6 is 11.3 Å². The van der Waals surface area contributed by atoms with Crippen molar-refractivity contribution in [2.24, 2.45) is 5.92 Å². The van der Waals surface area contributed by atoms with Crippen LogP contribution < -0.4 is 5.32 Å². The van der Waals surface area contributed by atoms with Crippen molar-refractivity contribution >= 4 is 39.2 Å². The van der Waals surface area contributed by atoms with Gasteiger partial charge in [-0.1, -0.05) is 0 Å². The van der Waals surface area contributed by atoms with E-state index >= 15 is 0 Å². The first-order valence-corrected chi connectivity index (χ1v) is 11.7. The largest absolute Gasteiger partial charge is 0.336 e. The number of amides is 2. The van der Waals surface area contributed by atoms with E-state index in [9.17, 15) is 9.59 Å². The van der Waals surface area contributed by atoms with Gasteiger partial charge in [0.25, 0.3) is 0 Å². The molecule has 3 aliphatic rings. The number of nitrogens with one attached hydrogen (secondary N) is 1. The van der Waals surface area contributed by atoms with Gasteiger partial charge in [-0.05, 0) is 26.3 Å². The van der Waals surface area contributed by atoms with Crippen LogP contribution in [-0.4, -0.2) is 88.3 Å². The lowest BCUT2D eigenvalue weighted by Gasteiger charge is -2.33. The molecule has 2 aromatic heterocycles. The third-order valence-electron chi connectivity index (χ3n) is 6.87. The second-order valence-electron chi connectivity index (χ2n) is 8.69. The van der Waals surface area contributed by atoms with Crippen molar-refractivity contribution in [2.75, 3.05) is 45.1 Å². The van der Waals surface area contributed by atoms with Gasteiger partial charge in [0.1, 0.15) is 10.3 Å². The van der Waals surface area contributed by atoms with E-state index in [0.29, 0.717) is 6.42 Å². The maximum absolute atomic E-state index is 13.0. The zero-order valence-corrected chi connectivity index (χ0v) is 18.1. The lowest BCUT2D eigenvalue weighted by atomic mass is 9.88. The highest BCUT2D eigenvalue weighted by Crippen LogP contribution is 2.42. The van der Waals surface area contributed by atoms with E-state index in [1.807, 2.05) is 10.3 Å².